The molecule has 0 aliphatic carbocycles. The number of benzene rings is 2. The molecule has 0 N–H and O–H groups in total. The Hall–Kier alpha value is -2.08. The topological polar surface area (TPSA) is 0 Å². The first-order valence-corrected chi connectivity index (χ1v) is 7.82. The SMILES string of the molecule is C=Cc1ccccc1Cc1cc(C(C)(C)C)ccc1C(=C)C. The Labute approximate surface area is 135 Å². The van der Waals surface area contributed by atoms with Crippen LogP contribution in [0.3, 0.4) is 0 Å². The molecule has 0 saturated carbocycles. The van der Waals surface area contributed by atoms with E-state index in [9.17, 15) is 0 Å². The van der Waals surface area contributed by atoms with Gasteiger partial charge in [-0.05, 0) is 46.6 Å². The summed E-state index contributed by atoms with van der Waals surface area (Å²) in [6.07, 6.45) is 2.84. The molecule has 2 aromatic carbocycles. The summed E-state index contributed by atoms with van der Waals surface area (Å²) in [4.78, 5) is 0. The molecule has 0 amide bonds. The van der Waals surface area contributed by atoms with Crippen molar-refractivity contribution in [2.75, 3.05) is 0 Å². The lowest BCUT2D eigenvalue weighted by atomic mass is 9.83. The van der Waals surface area contributed by atoms with Gasteiger partial charge in [0.2, 0.25) is 0 Å². The Balaban J connectivity index is 2.52. The molecule has 0 saturated heterocycles. The predicted molar refractivity (Wildman–Crippen MR) is 99.2 cm³/mol. The fourth-order valence-corrected chi connectivity index (χ4v) is 2.72. The summed E-state index contributed by atoms with van der Waals surface area (Å²) >= 11 is 0. The number of allylic oxidation sites excluding steroid dienone is 1. The van der Waals surface area contributed by atoms with Gasteiger partial charge in [0.15, 0.2) is 0 Å². The molecule has 22 heavy (non-hydrogen) atoms. The second kappa shape index (κ2) is 6.36. The Morgan fingerprint density at radius 3 is 2.32 bits per heavy atom. The molecule has 0 aliphatic rings. The van der Waals surface area contributed by atoms with Gasteiger partial charge < -0.3 is 0 Å². The van der Waals surface area contributed by atoms with Crippen LogP contribution in [0.15, 0.2) is 55.6 Å². The minimum atomic E-state index is 0.153. The van der Waals surface area contributed by atoms with Crippen molar-refractivity contribution in [3.8, 4) is 0 Å². The highest BCUT2D eigenvalue weighted by atomic mass is 14.2. The van der Waals surface area contributed by atoms with E-state index in [2.05, 4.69) is 83.3 Å². The van der Waals surface area contributed by atoms with Gasteiger partial charge in [0.1, 0.15) is 0 Å². The highest BCUT2D eigenvalue weighted by molar-refractivity contribution is 5.66. The largest absolute Gasteiger partial charge is 0.0985 e. The molecule has 0 atom stereocenters. The van der Waals surface area contributed by atoms with Crippen molar-refractivity contribution in [2.45, 2.75) is 39.5 Å². The maximum Gasteiger partial charge on any atom is -0.00137 e. The summed E-state index contributed by atoms with van der Waals surface area (Å²) in [6.45, 7) is 16.9. The fourth-order valence-electron chi connectivity index (χ4n) is 2.72. The first-order chi connectivity index (χ1) is 10.3. The lowest BCUT2D eigenvalue weighted by molar-refractivity contribution is 0.589. The first kappa shape index (κ1) is 16.3. The number of rotatable bonds is 4. The number of hydrogen-bond acceptors (Lipinski definition) is 0. The predicted octanol–water partition coefficient (Wildman–Crippen LogP) is 6.25. The van der Waals surface area contributed by atoms with Crippen molar-refractivity contribution >= 4 is 11.6 Å². The summed E-state index contributed by atoms with van der Waals surface area (Å²) in [5.74, 6) is 0. The molecule has 0 fully saturated rings. The minimum absolute atomic E-state index is 0.153. The van der Waals surface area contributed by atoms with E-state index >= 15 is 0 Å². The normalized spacial score (nSPS) is 11.3. The number of hydrogen-bond donors (Lipinski definition) is 0. The quantitative estimate of drug-likeness (QED) is 0.624. The third-order valence-corrected chi connectivity index (χ3v) is 4.09. The molecule has 0 heterocycles. The van der Waals surface area contributed by atoms with E-state index in [4.69, 9.17) is 0 Å². The molecule has 0 aliphatic heterocycles. The van der Waals surface area contributed by atoms with E-state index in [0.717, 1.165) is 12.0 Å². The monoisotopic (exact) mass is 290 g/mol. The van der Waals surface area contributed by atoms with Gasteiger partial charge in [0.05, 0.1) is 0 Å². The first-order valence-electron chi connectivity index (χ1n) is 7.82. The van der Waals surface area contributed by atoms with Crippen molar-refractivity contribution in [1.29, 1.82) is 0 Å². The second-order valence-electron chi connectivity index (χ2n) is 6.98. The van der Waals surface area contributed by atoms with E-state index < -0.39 is 0 Å². The van der Waals surface area contributed by atoms with E-state index in [0.29, 0.717) is 0 Å². The molecular formula is C22H26. The van der Waals surface area contributed by atoms with Gasteiger partial charge >= 0.3 is 0 Å². The van der Waals surface area contributed by atoms with Gasteiger partial charge in [-0.2, -0.15) is 0 Å². The van der Waals surface area contributed by atoms with Crippen LogP contribution in [0.25, 0.3) is 11.6 Å². The zero-order chi connectivity index (χ0) is 16.3. The van der Waals surface area contributed by atoms with E-state index in [1.807, 2.05) is 6.08 Å². The molecular weight excluding hydrogens is 264 g/mol. The summed E-state index contributed by atoms with van der Waals surface area (Å²) in [5, 5.41) is 0. The lowest BCUT2D eigenvalue weighted by Gasteiger charge is -2.22. The summed E-state index contributed by atoms with van der Waals surface area (Å²) in [6, 6.07) is 15.2. The van der Waals surface area contributed by atoms with Crippen molar-refractivity contribution in [3.63, 3.8) is 0 Å². The van der Waals surface area contributed by atoms with Crippen LogP contribution in [0.1, 0.15) is 55.5 Å². The molecule has 0 aromatic heterocycles. The third kappa shape index (κ3) is 3.57. The highest BCUT2D eigenvalue weighted by Crippen LogP contribution is 2.29. The van der Waals surface area contributed by atoms with Crippen LogP contribution < -0.4 is 0 Å². The van der Waals surface area contributed by atoms with Crippen LogP contribution in [0.2, 0.25) is 0 Å². The van der Waals surface area contributed by atoms with Gasteiger partial charge in [-0.25, -0.2) is 0 Å². The molecule has 2 aromatic rings. The molecule has 0 heteroatoms. The van der Waals surface area contributed by atoms with Gasteiger partial charge in [0, 0.05) is 0 Å². The van der Waals surface area contributed by atoms with Crippen molar-refractivity contribution in [1.82, 2.24) is 0 Å². The summed E-state index contributed by atoms with van der Waals surface area (Å²) in [5.41, 5.74) is 7.75. The van der Waals surface area contributed by atoms with Crippen LogP contribution in [-0.2, 0) is 11.8 Å². The van der Waals surface area contributed by atoms with E-state index in [1.165, 1.54) is 27.8 Å². The molecule has 0 bridgehead atoms. The minimum Gasteiger partial charge on any atom is -0.0985 e. The van der Waals surface area contributed by atoms with Gasteiger partial charge in [-0.3, -0.25) is 0 Å². The van der Waals surface area contributed by atoms with Crippen molar-refractivity contribution in [3.05, 3.63) is 83.4 Å². The smallest absolute Gasteiger partial charge is 0.00137 e. The van der Waals surface area contributed by atoms with Gasteiger partial charge in [0.25, 0.3) is 0 Å². The summed E-state index contributed by atoms with van der Waals surface area (Å²) < 4.78 is 0. The second-order valence-corrected chi connectivity index (χ2v) is 6.98. The van der Waals surface area contributed by atoms with Gasteiger partial charge in [-0.1, -0.05) is 88.0 Å². The van der Waals surface area contributed by atoms with Gasteiger partial charge in [-0.15, -0.1) is 0 Å². The van der Waals surface area contributed by atoms with Crippen LogP contribution in [0.5, 0.6) is 0 Å². The van der Waals surface area contributed by atoms with Crippen LogP contribution in [-0.4, -0.2) is 0 Å². The lowest BCUT2D eigenvalue weighted by Crippen LogP contribution is -2.12. The maximum absolute atomic E-state index is 4.14. The van der Waals surface area contributed by atoms with Crippen molar-refractivity contribution < 1.29 is 0 Å². The molecule has 0 spiro atoms. The fraction of sp³-hybridized carbons (Fsp3) is 0.273. The van der Waals surface area contributed by atoms with Crippen LogP contribution in [0, 0.1) is 0 Å². The van der Waals surface area contributed by atoms with Crippen LogP contribution >= 0.6 is 0 Å². The zero-order valence-corrected chi connectivity index (χ0v) is 14.2. The standard InChI is InChI=1S/C22H26/c1-7-17-10-8-9-11-18(17)14-19-15-20(22(4,5)6)12-13-21(19)16(2)3/h7-13,15H,1-2,14H2,3-6H3. The average molecular weight is 290 g/mol. The van der Waals surface area contributed by atoms with E-state index in [-0.39, 0.29) is 5.41 Å². The van der Waals surface area contributed by atoms with Crippen LogP contribution in [0.4, 0.5) is 0 Å². The molecule has 2 rings (SSSR count). The molecule has 0 unspecified atom stereocenters. The maximum atomic E-state index is 4.14. The van der Waals surface area contributed by atoms with E-state index in [1.54, 1.807) is 0 Å². The molecule has 0 nitrogen and oxygen atoms in total. The Bertz CT molecular complexity index is 696. The summed E-state index contributed by atoms with van der Waals surface area (Å²) in [7, 11) is 0. The third-order valence-electron chi connectivity index (χ3n) is 4.09. The molecule has 0 radical (unpaired) electrons. The Kier molecular flexibility index (Phi) is 4.71. The Morgan fingerprint density at radius 1 is 1.05 bits per heavy atom. The Morgan fingerprint density at radius 2 is 1.73 bits per heavy atom. The van der Waals surface area contributed by atoms with Crippen molar-refractivity contribution in [2.24, 2.45) is 0 Å². The molecule has 114 valence electrons. The highest BCUT2D eigenvalue weighted by Gasteiger charge is 2.16. The zero-order valence-electron chi connectivity index (χ0n) is 14.2. The average Bonchev–Trinajstić information content (AvgIpc) is 2.46.